The summed E-state index contributed by atoms with van der Waals surface area (Å²) in [6.45, 7) is 0.119. The summed E-state index contributed by atoms with van der Waals surface area (Å²) < 4.78 is 0. The molecule has 0 spiro atoms. The average Bonchev–Trinajstić information content (AvgIpc) is 2.65. The number of rotatable bonds is 5. The number of aliphatic hydroxyl groups excluding tert-OH is 2. The zero-order valence-electron chi connectivity index (χ0n) is 6.99. The van der Waals surface area contributed by atoms with Crippen LogP contribution >= 0.6 is 0 Å². The molecule has 4 nitrogen and oxygen atoms in total. The summed E-state index contributed by atoms with van der Waals surface area (Å²) in [7, 11) is 0. The van der Waals surface area contributed by atoms with Gasteiger partial charge in [-0.15, -0.1) is 0 Å². The van der Waals surface area contributed by atoms with Crippen molar-refractivity contribution in [1.82, 2.24) is 0 Å². The minimum absolute atomic E-state index is 0.0593. The zero-order chi connectivity index (χ0) is 9.19. The van der Waals surface area contributed by atoms with Gasteiger partial charge in [0, 0.05) is 19.1 Å². The SMILES string of the molecule is NC(=O)C1CC1(CCO)CCO. The quantitative estimate of drug-likeness (QED) is 0.511. The van der Waals surface area contributed by atoms with E-state index >= 15 is 0 Å². The van der Waals surface area contributed by atoms with Crippen molar-refractivity contribution in [3.63, 3.8) is 0 Å². The zero-order valence-corrected chi connectivity index (χ0v) is 6.99. The van der Waals surface area contributed by atoms with Gasteiger partial charge in [-0.25, -0.2) is 0 Å². The van der Waals surface area contributed by atoms with E-state index in [4.69, 9.17) is 15.9 Å². The van der Waals surface area contributed by atoms with E-state index in [-0.39, 0.29) is 30.5 Å². The molecular formula is C8H15NO3. The molecule has 0 radical (unpaired) electrons. The summed E-state index contributed by atoms with van der Waals surface area (Å²) in [5, 5.41) is 17.5. The molecule has 1 rings (SSSR count). The monoisotopic (exact) mass is 173 g/mol. The molecule has 12 heavy (non-hydrogen) atoms. The molecule has 1 fully saturated rings. The number of aliphatic hydroxyl groups is 2. The Morgan fingerprint density at radius 2 is 1.92 bits per heavy atom. The summed E-state index contributed by atoms with van der Waals surface area (Å²) in [5.74, 6) is -0.436. The van der Waals surface area contributed by atoms with E-state index < -0.39 is 0 Å². The molecule has 1 aliphatic carbocycles. The lowest BCUT2D eigenvalue weighted by Crippen LogP contribution is -2.20. The van der Waals surface area contributed by atoms with Crippen molar-refractivity contribution in [2.24, 2.45) is 17.1 Å². The summed E-state index contributed by atoms with van der Waals surface area (Å²) in [4.78, 5) is 10.8. The highest BCUT2D eigenvalue weighted by molar-refractivity contribution is 5.80. The van der Waals surface area contributed by atoms with Crippen molar-refractivity contribution >= 4 is 5.91 Å². The Balaban J connectivity index is 2.49. The predicted molar refractivity (Wildman–Crippen MR) is 43.1 cm³/mol. The highest BCUT2D eigenvalue weighted by Gasteiger charge is 2.55. The van der Waals surface area contributed by atoms with Crippen molar-refractivity contribution in [3.05, 3.63) is 0 Å². The smallest absolute Gasteiger partial charge is 0.221 e. The van der Waals surface area contributed by atoms with E-state index in [1.165, 1.54) is 0 Å². The van der Waals surface area contributed by atoms with Crippen LogP contribution in [0.1, 0.15) is 19.3 Å². The van der Waals surface area contributed by atoms with Crippen LogP contribution in [0, 0.1) is 11.3 Å². The Morgan fingerprint density at radius 3 is 2.17 bits per heavy atom. The summed E-state index contributed by atoms with van der Waals surface area (Å²) in [6.07, 6.45) is 1.87. The Bertz CT molecular complexity index is 175. The first-order valence-electron chi connectivity index (χ1n) is 4.17. The second kappa shape index (κ2) is 3.41. The third-order valence-electron chi connectivity index (χ3n) is 2.75. The van der Waals surface area contributed by atoms with E-state index in [1.807, 2.05) is 0 Å². The fraction of sp³-hybridized carbons (Fsp3) is 0.875. The molecular weight excluding hydrogens is 158 g/mol. The number of nitrogens with two attached hydrogens (primary N) is 1. The van der Waals surface area contributed by atoms with Gasteiger partial charge >= 0.3 is 0 Å². The Morgan fingerprint density at radius 1 is 1.42 bits per heavy atom. The summed E-state index contributed by atoms with van der Waals surface area (Å²) in [5.41, 5.74) is 4.95. The molecule has 0 aromatic rings. The molecule has 0 aliphatic heterocycles. The van der Waals surface area contributed by atoms with Crippen LogP contribution in [0.25, 0.3) is 0 Å². The lowest BCUT2D eigenvalue weighted by atomic mass is 9.95. The Hall–Kier alpha value is -0.610. The fourth-order valence-electron chi connectivity index (χ4n) is 1.87. The van der Waals surface area contributed by atoms with Crippen molar-refractivity contribution in [2.75, 3.05) is 13.2 Å². The molecule has 1 aliphatic rings. The van der Waals surface area contributed by atoms with Crippen LogP contribution in [0.15, 0.2) is 0 Å². The Kier molecular flexibility index (Phi) is 2.69. The molecule has 1 atom stereocenters. The molecule has 0 bridgehead atoms. The topological polar surface area (TPSA) is 83.6 Å². The van der Waals surface area contributed by atoms with Crippen LogP contribution in [0.3, 0.4) is 0 Å². The van der Waals surface area contributed by atoms with Crippen molar-refractivity contribution in [3.8, 4) is 0 Å². The molecule has 1 unspecified atom stereocenters. The van der Waals surface area contributed by atoms with Crippen LogP contribution in [0.2, 0.25) is 0 Å². The van der Waals surface area contributed by atoms with E-state index in [1.54, 1.807) is 0 Å². The first-order valence-corrected chi connectivity index (χ1v) is 4.17. The molecule has 0 heterocycles. The molecule has 0 aromatic heterocycles. The van der Waals surface area contributed by atoms with E-state index in [2.05, 4.69) is 0 Å². The lowest BCUT2D eigenvalue weighted by molar-refractivity contribution is -0.120. The average molecular weight is 173 g/mol. The van der Waals surface area contributed by atoms with Gasteiger partial charge in [0.15, 0.2) is 0 Å². The van der Waals surface area contributed by atoms with Gasteiger partial charge < -0.3 is 15.9 Å². The standard InChI is InChI=1S/C8H15NO3/c9-7(12)6-5-8(6,1-3-10)2-4-11/h6,10-11H,1-5H2,(H2,9,12). The van der Waals surface area contributed by atoms with Crippen LogP contribution < -0.4 is 5.73 Å². The number of carbonyl (C=O) groups excluding carboxylic acids is 1. The third kappa shape index (κ3) is 1.59. The van der Waals surface area contributed by atoms with Crippen LogP contribution in [0.4, 0.5) is 0 Å². The second-order valence-corrected chi connectivity index (χ2v) is 3.47. The van der Waals surface area contributed by atoms with Crippen molar-refractivity contribution in [1.29, 1.82) is 0 Å². The Labute approximate surface area is 71.4 Å². The van der Waals surface area contributed by atoms with Gasteiger partial charge in [-0.3, -0.25) is 4.79 Å². The maximum absolute atomic E-state index is 10.8. The van der Waals surface area contributed by atoms with E-state index in [0.29, 0.717) is 12.8 Å². The largest absolute Gasteiger partial charge is 0.396 e. The number of primary amides is 1. The van der Waals surface area contributed by atoms with Crippen LogP contribution in [0.5, 0.6) is 0 Å². The highest BCUT2D eigenvalue weighted by atomic mass is 16.3. The molecule has 4 heteroatoms. The molecule has 70 valence electrons. The van der Waals surface area contributed by atoms with Gasteiger partial charge in [0.05, 0.1) is 0 Å². The third-order valence-corrected chi connectivity index (χ3v) is 2.75. The predicted octanol–water partition coefficient (Wildman–Crippen LogP) is -0.757. The minimum atomic E-state index is -0.308. The van der Waals surface area contributed by atoms with Gasteiger partial charge in [-0.05, 0) is 24.7 Å². The maximum atomic E-state index is 10.8. The highest BCUT2D eigenvalue weighted by Crippen LogP contribution is 2.57. The van der Waals surface area contributed by atoms with Crippen molar-refractivity contribution < 1.29 is 15.0 Å². The lowest BCUT2D eigenvalue weighted by Gasteiger charge is -2.12. The van der Waals surface area contributed by atoms with Crippen LogP contribution in [-0.4, -0.2) is 29.3 Å². The first kappa shape index (κ1) is 9.48. The maximum Gasteiger partial charge on any atom is 0.221 e. The molecule has 1 saturated carbocycles. The van der Waals surface area contributed by atoms with Gasteiger partial charge in [-0.2, -0.15) is 0 Å². The van der Waals surface area contributed by atoms with E-state index in [0.717, 1.165) is 6.42 Å². The molecule has 0 aromatic carbocycles. The van der Waals surface area contributed by atoms with Gasteiger partial charge in [-0.1, -0.05) is 0 Å². The summed E-state index contributed by atoms with van der Waals surface area (Å²) in [6, 6.07) is 0. The molecule has 4 N–H and O–H groups in total. The second-order valence-electron chi connectivity index (χ2n) is 3.47. The number of hydrogen-bond acceptors (Lipinski definition) is 3. The minimum Gasteiger partial charge on any atom is -0.396 e. The summed E-state index contributed by atoms with van der Waals surface area (Å²) >= 11 is 0. The van der Waals surface area contributed by atoms with Crippen molar-refractivity contribution in [2.45, 2.75) is 19.3 Å². The number of hydrogen-bond donors (Lipinski definition) is 3. The molecule has 1 amide bonds. The van der Waals surface area contributed by atoms with Gasteiger partial charge in [0.2, 0.25) is 5.91 Å². The number of carbonyl (C=O) groups is 1. The van der Waals surface area contributed by atoms with Gasteiger partial charge in [0.25, 0.3) is 0 Å². The normalized spacial score (nSPS) is 25.3. The van der Waals surface area contributed by atoms with Crippen LogP contribution in [-0.2, 0) is 4.79 Å². The first-order chi connectivity index (χ1) is 5.66. The van der Waals surface area contributed by atoms with Gasteiger partial charge in [0.1, 0.15) is 0 Å². The fourth-order valence-corrected chi connectivity index (χ4v) is 1.87. The van der Waals surface area contributed by atoms with E-state index in [9.17, 15) is 4.79 Å². The molecule has 0 saturated heterocycles. The number of amides is 1.